The second-order valence-corrected chi connectivity index (χ2v) is 6.30. The molecule has 9 nitrogen and oxygen atoms in total. The van der Waals surface area contributed by atoms with Crippen molar-refractivity contribution in [3.05, 3.63) is 46.5 Å². The quantitative estimate of drug-likeness (QED) is 0.660. The van der Waals surface area contributed by atoms with Gasteiger partial charge in [-0.15, -0.1) is 0 Å². The van der Waals surface area contributed by atoms with Crippen molar-refractivity contribution >= 4 is 17.4 Å². The molecule has 0 atom stereocenters. The smallest absolute Gasteiger partial charge is 0.269 e. The Balaban J connectivity index is 1.45. The fourth-order valence-electron chi connectivity index (χ4n) is 2.75. The molecule has 0 aromatic carbocycles. The van der Waals surface area contributed by atoms with Crippen LogP contribution in [0.5, 0.6) is 0 Å². The summed E-state index contributed by atoms with van der Waals surface area (Å²) in [6.07, 6.45) is 3.35. The average Bonchev–Trinajstić information content (AvgIpc) is 2.68. The third-order valence-corrected chi connectivity index (χ3v) is 4.19. The van der Waals surface area contributed by atoms with Gasteiger partial charge in [0.25, 0.3) is 5.56 Å². The Morgan fingerprint density at radius 1 is 1.26 bits per heavy atom. The lowest BCUT2D eigenvalue weighted by atomic mass is 10.3. The highest BCUT2D eigenvalue weighted by Gasteiger charge is 2.13. The van der Waals surface area contributed by atoms with Crippen LogP contribution in [0.25, 0.3) is 0 Å². The number of carbonyl (C=O) groups excluding carboxylic acids is 1. The highest BCUT2D eigenvalue weighted by Crippen LogP contribution is 2.11. The fourth-order valence-corrected chi connectivity index (χ4v) is 2.75. The molecule has 0 aliphatic carbocycles. The standard InChI is InChI=1S/C18H24N6O3/c1-14-2-3-19-16(10-14)20-4-5-21-17(25)13-24-18(26)11-15(12-22-24)23-6-8-27-9-7-23/h2-3,10-12H,4-9,13H2,1H3,(H,19,20)(H,21,25). The Morgan fingerprint density at radius 3 is 2.81 bits per heavy atom. The van der Waals surface area contributed by atoms with Crippen LogP contribution in [0.15, 0.2) is 35.4 Å². The van der Waals surface area contributed by atoms with Crippen molar-refractivity contribution in [2.24, 2.45) is 0 Å². The first kappa shape index (κ1) is 18.8. The van der Waals surface area contributed by atoms with Gasteiger partial charge in [-0.05, 0) is 24.6 Å². The van der Waals surface area contributed by atoms with E-state index < -0.39 is 0 Å². The molecular formula is C18H24N6O3. The topological polar surface area (TPSA) is 101 Å². The highest BCUT2D eigenvalue weighted by atomic mass is 16.5. The van der Waals surface area contributed by atoms with Crippen LogP contribution in [0, 0.1) is 6.92 Å². The van der Waals surface area contributed by atoms with Crippen molar-refractivity contribution in [2.45, 2.75) is 13.5 Å². The molecule has 3 heterocycles. The van der Waals surface area contributed by atoms with Crippen molar-refractivity contribution in [3.8, 4) is 0 Å². The van der Waals surface area contributed by atoms with Crippen molar-refractivity contribution < 1.29 is 9.53 Å². The summed E-state index contributed by atoms with van der Waals surface area (Å²) in [6, 6.07) is 5.36. The van der Waals surface area contributed by atoms with E-state index in [0.29, 0.717) is 26.3 Å². The first-order chi connectivity index (χ1) is 13.1. The van der Waals surface area contributed by atoms with Gasteiger partial charge in [-0.2, -0.15) is 5.10 Å². The Hall–Kier alpha value is -2.94. The molecule has 3 rings (SSSR count). The van der Waals surface area contributed by atoms with E-state index in [1.165, 1.54) is 6.07 Å². The number of nitrogens with zero attached hydrogens (tertiary/aromatic N) is 4. The number of rotatable bonds is 7. The maximum Gasteiger partial charge on any atom is 0.269 e. The second-order valence-electron chi connectivity index (χ2n) is 6.30. The summed E-state index contributed by atoms with van der Waals surface area (Å²) < 4.78 is 6.46. The summed E-state index contributed by atoms with van der Waals surface area (Å²) in [5, 5.41) is 10.0. The monoisotopic (exact) mass is 372 g/mol. The summed E-state index contributed by atoms with van der Waals surface area (Å²) in [7, 11) is 0. The third-order valence-electron chi connectivity index (χ3n) is 4.19. The molecule has 2 N–H and O–H groups in total. The molecule has 0 bridgehead atoms. The number of aromatic nitrogens is 3. The molecule has 1 aliphatic heterocycles. The van der Waals surface area contributed by atoms with Crippen LogP contribution in [0.2, 0.25) is 0 Å². The van der Waals surface area contributed by atoms with Gasteiger partial charge in [0.1, 0.15) is 12.4 Å². The fraction of sp³-hybridized carbons (Fsp3) is 0.444. The minimum absolute atomic E-state index is 0.106. The minimum atomic E-state index is -0.295. The van der Waals surface area contributed by atoms with Crippen molar-refractivity contribution in [1.29, 1.82) is 0 Å². The number of morpholine rings is 1. The molecule has 2 aromatic heterocycles. The summed E-state index contributed by atoms with van der Waals surface area (Å²) >= 11 is 0. The number of pyridine rings is 1. The molecule has 1 saturated heterocycles. The first-order valence-electron chi connectivity index (χ1n) is 8.95. The zero-order valence-electron chi connectivity index (χ0n) is 15.4. The molecule has 1 amide bonds. The molecule has 0 saturated carbocycles. The van der Waals surface area contributed by atoms with Crippen LogP contribution in [0.3, 0.4) is 0 Å². The Morgan fingerprint density at radius 2 is 2.07 bits per heavy atom. The normalized spacial score (nSPS) is 14.0. The zero-order chi connectivity index (χ0) is 19.1. The van der Waals surface area contributed by atoms with Crippen molar-refractivity contribution in [3.63, 3.8) is 0 Å². The maximum absolute atomic E-state index is 12.2. The van der Waals surface area contributed by atoms with Crippen LogP contribution in [0.4, 0.5) is 11.5 Å². The predicted octanol–water partition coefficient (Wildman–Crippen LogP) is 0.0116. The van der Waals surface area contributed by atoms with Gasteiger partial charge in [0.05, 0.1) is 25.1 Å². The minimum Gasteiger partial charge on any atom is -0.378 e. The van der Waals surface area contributed by atoms with Gasteiger partial charge in [0, 0.05) is 38.4 Å². The molecule has 0 unspecified atom stereocenters. The lowest BCUT2D eigenvalue weighted by molar-refractivity contribution is -0.121. The van der Waals surface area contributed by atoms with E-state index in [2.05, 4.69) is 20.7 Å². The van der Waals surface area contributed by atoms with Gasteiger partial charge in [-0.1, -0.05) is 0 Å². The van der Waals surface area contributed by atoms with E-state index in [-0.39, 0.29) is 18.0 Å². The van der Waals surface area contributed by atoms with Gasteiger partial charge in [-0.25, -0.2) is 9.67 Å². The van der Waals surface area contributed by atoms with Gasteiger partial charge < -0.3 is 20.3 Å². The summed E-state index contributed by atoms with van der Waals surface area (Å²) in [5.41, 5.74) is 1.58. The van der Waals surface area contributed by atoms with Gasteiger partial charge in [0.15, 0.2) is 0 Å². The summed E-state index contributed by atoms with van der Waals surface area (Å²) in [5.74, 6) is 0.503. The molecule has 9 heteroatoms. The second kappa shape index (κ2) is 9.13. The Labute approximate surface area is 157 Å². The van der Waals surface area contributed by atoms with E-state index >= 15 is 0 Å². The molecule has 2 aromatic rings. The SMILES string of the molecule is Cc1ccnc(NCCNC(=O)Cn2ncc(N3CCOCC3)cc2=O)c1. The predicted molar refractivity (Wildman–Crippen MR) is 102 cm³/mol. The van der Waals surface area contributed by atoms with Crippen LogP contribution in [-0.2, 0) is 16.1 Å². The largest absolute Gasteiger partial charge is 0.378 e. The van der Waals surface area contributed by atoms with Crippen LogP contribution < -0.4 is 21.1 Å². The number of hydrogen-bond acceptors (Lipinski definition) is 7. The van der Waals surface area contributed by atoms with E-state index in [4.69, 9.17) is 4.74 Å². The van der Waals surface area contributed by atoms with Crippen molar-refractivity contribution in [1.82, 2.24) is 20.1 Å². The number of amides is 1. The first-order valence-corrected chi connectivity index (χ1v) is 8.95. The number of hydrogen-bond donors (Lipinski definition) is 2. The number of carbonyl (C=O) groups is 1. The van der Waals surface area contributed by atoms with Crippen LogP contribution in [-0.4, -0.2) is 60.1 Å². The van der Waals surface area contributed by atoms with Gasteiger partial charge in [0.2, 0.25) is 5.91 Å². The average molecular weight is 372 g/mol. The molecule has 1 fully saturated rings. The van der Waals surface area contributed by atoms with Gasteiger partial charge in [-0.3, -0.25) is 9.59 Å². The number of aryl methyl sites for hydroxylation is 1. The van der Waals surface area contributed by atoms with E-state index in [1.54, 1.807) is 12.4 Å². The molecule has 144 valence electrons. The lowest BCUT2D eigenvalue weighted by Gasteiger charge is -2.28. The number of anilines is 2. The molecular weight excluding hydrogens is 348 g/mol. The molecule has 0 spiro atoms. The zero-order valence-corrected chi connectivity index (χ0v) is 15.4. The van der Waals surface area contributed by atoms with E-state index in [1.807, 2.05) is 24.0 Å². The summed E-state index contributed by atoms with van der Waals surface area (Å²) in [4.78, 5) is 30.5. The Bertz CT molecular complexity index is 832. The lowest BCUT2D eigenvalue weighted by Crippen LogP contribution is -2.38. The van der Waals surface area contributed by atoms with E-state index in [9.17, 15) is 9.59 Å². The highest BCUT2D eigenvalue weighted by molar-refractivity contribution is 5.75. The number of nitrogens with one attached hydrogen (secondary N) is 2. The van der Waals surface area contributed by atoms with Crippen molar-refractivity contribution in [2.75, 3.05) is 49.6 Å². The van der Waals surface area contributed by atoms with Crippen LogP contribution >= 0.6 is 0 Å². The number of ether oxygens (including phenoxy) is 1. The van der Waals surface area contributed by atoms with Gasteiger partial charge >= 0.3 is 0 Å². The summed E-state index contributed by atoms with van der Waals surface area (Å²) in [6.45, 7) is 5.59. The van der Waals surface area contributed by atoms with E-state index in [0.717, 1.165) is 34.8 Å². The Kier molecular flexibility index (Phi) is 6.37. The molecule has 27 heavy (non-hydrogen) atoms. The maximum atomic E-state index is 12.2. The molecule has 1 aliphatic rings. The van der Waals surface area contributed by atoms with Crippen LogP contribution in [0.1, 0.15) is 5.56 Å². The molecule has 0 radical (unpaired) electrons. The third kappa shape index (κ3) is 5.52.